The zero-order valence-electron chi connectivity index (χ0n) is 15.5. The van der Waals surface area contributed by atoms with Crippen LogP contribution in [0, 0.1) is 6.92 Å². The van der Waals surface area contributed by atoms with Crippen molar-refractivity contribution in [3.8, 4) is 5.75 Å². The summed E-state index contributed by atoms with van der Waals surface area (Å²) in [5.41, 5.74) is 1.20. The van der Waals surface area contributed by atoms with Gasteiger partial charge in [-0.15, -0.1) is 0 Å². The fraction of sp³-hybridized carbons (Fsp3) is 0.550. The lowest BCUT2D eigenvalue weighted by atomic mass is 10.1. The molecule has 0 spiro atoms. The third-order valence-electron chi connectivity index (χ3n) is 5.18. The van der Waals surface area contributed by atoms with E-state index in [1.165, 1.54) is 12.5 Å². The zero-order chi connectivity index (χ0) is 17.8. The third-order valence-corrected chi connectivity index (χ3v) is 5.18. The molecule has 0 amide bonds. The molecule has 1 aliphatic rings. The number of hydrogen-bond acceptors (Lipinski definition) is 5. The molecule has 1 aliphatic heterocycles. The first-order valence-corrected chi connectivity index (χ1v) is 9.24. The Morgan fingerprint density at radius 2 is 2.08 bits per heavy atom. The summed E-state index contributed by atoms with van der Waals surface area (Å²) < 4.78 is 11.2. The highest BCUT2D eigenvalue weighted by atomic mass is 16.5. The maximum atomic E-state index is 11.5. The van der Waals surface area contributed by atoms with Crippen LogP contribution < -0.4 is 10.4 Å². The summed E-state index contributed by atoms with van der Waals surface area (Å²) in [6, 6.07) is 7.90. The zero-order valence-corrected chi connectivity index (χ0v) is 15.5. The Hall–Kier alpha value is -1.85. The Morgan fingerprint density at radius 3 is 2.84 bits per heavy atom. The minimum Gasteiger partial charge on any atom is -0.492 e. The van der Waals surface area contributed by atoms with Crippen molar-refractivity contribution in [3.05, 3.63) is 40.2 Å². The number of hydrogen-bond donors (Lipinski definition) is 0. The molecule has 1 fully saturated rings. The predicted molar refractivity (Wildman–Crippen MR) is 100 cm³/mol. The first kappa shape index (κ1) is 18.0. The van der Waals surface area contributed by atoms with Crippen LogP contribution in [-0.2, 0) is 0 Å². The van der Waals surface area contributed by atoms with Crippen LogP contribution in [0.3, 0.4) is 0 Å². The van der Waals surface area contributed by atoms with Gasteiger partial charge in [-0.25, -0.2) is 4.79 Å². The molecule has 1 saturated heterocycles. The lowest BCUT2D eigenvalue weighted by molar-refractivity contribution is 0.195. The van der Waals surface area contributed by atoms with E-state index in [4.69, 9.17) is 9.15 Å². The Labute approximate surface area is 149 Å². The van der Waals surface area contributed by atoms with Gasteiger partial charge < -0.3 is 9.15 Å². The van der Waals surface area contributed by atoms with Crippen LogP contribution in [0.4, 0.5) is 0 Å². The highest BCUT2D eigenvalue weighted by molar-refractivity contribution is 5.81. The Balaban J connectivity index is 1.54. The van der Waals surface area contributed by atoms with Crippen LogP contribution >= 0.6 is 0 Å². The molecule has 2 aromatic rings. The van der Waals surface area contributed by atoms with E-state index < -0.39 is 0 Å². The fourth-order valence-electron chi connectivity index (χ4n) is 3.74. The normalized spacial score (nSPS) is 18.3. The second-order valence-corrected chi connectivity index (χ2v) is 6.72. The average molecular weight is 344 g/mol. The van der Waals surface area contributed by atoms with E-state index in [9.17, 15) is 4.79 Å². The maximum absolute atomic E-state index is 11.5. The molecule has 1 aromatic heterocycles. The fourth-order valence-corrected chi connectivity index (χ4v) is 3.74. The molecule has 1 atom stereocenters. The standard InChI is InChI=1S/C20H28N2O3/c1-4-22(5-2)16-8-9-21(14-16)10-11-24-17-6-7-18-15(3)12-20(23)25-19(18)13-17/h6-7,12-13,16H,4-5,8-11,14H2,1-3H3/t16-/m0/s1. The first-order valence-electron chi connectivity index (χ1n) is 9.24. The van der Waals surface area contributed by atoms with Gasteiger partial charge in [0.2, 0.25) is 0 Å². The van der Waals surface area contributed by atoms with E-state index in [1.54, 1.807) is 0 Å². The van der Waals surface area contributed by atoms with E-state index in [1.807, 2.05) is 25.1 Å². The minimum atomic E-state index is -0.318. The molecule has 136 valence electrons. The van der Waals surface area contributed by atoms with E-state index in [2.05, 4.69) is 23.6 Å². The number of ether oxygens (including phenoxy) is 1. The second-order valence-electron chi connectivity index (χ2n) is 6.72. The van der Waals surface area contributed by atoms with Gasteiger partial charge in [0.25, 0.3) is 0 Å². The van der Waals surface area contributed by atoms with E-state index in [-0.39, 0.29) is 5.63 Å². The number of aryl methyl sites for hydroxylation is 1. The molecule has 1 aromatic carbocycles. The molecule has 0 N–H and O–H groups in total. The predicted octanol–water partition coefficient (Wildman–Crippen LogP) is 2.90. The number of benzene rings is 1. The van der Waals surface area contributed by atoms with Crippen molar-refractivity contribution in [2.24, 2.45) is 0 Å². The highest BCUT2D eigenvalue weighted by Gasteiger charge is 2.25. The van der Waals surface area contributed by atoms with E-state index in [0.29, 0.717) is 18.2 Å². The van der Waals surface area contributed by atoms with Gasteiger partial charge in [0.05, 0.1) is 0 Å². The lowest BCUT2D eigenvalue weighted by Crippen LogP contribution is -2.37. The van der Waals surface area contributed by atoms with Crippen LogP contribution in [0.1, 0.15) is 25.8 Å². The first-order chi connectivity index (χ1) is 12.1. The number of fused-ring (bicyclic) bond motifs is 1. The molecule has 2 heterocycles. The van der Waals surface area contributed by atoms with Crippen LogP contribution in [0.15, 0.2) is 33.5 Å². The third kappa shape index (κ3) is 4.22. The van der Waals surface area contributed by atoms with Crippen LogP contribution in [0.2, 0.25) is 0 Å². The van der Waals surface area contributed by atoms with Gasteiger partial charge in [-0.1, -0.05) is 13.8 Å². The second kappa shape index (κ2) is 8.02. The summed E-state index contributed by atoms with van der Waals surface area (Å²) in [6.45, 7) is 12.4. The maximum Gasteiger partial charge on any atom is 0.336 e. The molecular weight excluding hydrogens is 316 g/mol. The highest BCUT2D eigenvalue weighted by Crippen LogP contribution is 2.22. The molecule has 5 heteroatoms. The Morgan fingerprint density at radius 1 is 1.28 bits per heavy atom. The molecule has 0 bridgehead atoms. The minimum absolute atomic E-state index is 0.318. The molecule has 3 rings (SSSR count). The van der Waals surface area contributed by atoms with Gasteiger partial charge in [-0.05, 0) is 50.7 Å². The van der Waals surface area contributed by atoms with Gasteiger partial charge in [0.1, 0.15) is 17.9 Å². The van der Waals surface area contributed by atoms with Crippen molar-refractivity contribution in [3.63, 3.8) is 0 Å². The van der Waals surface area contributed by atoms with Gasteiger partial charge in [-0.2, -0.15) is 0 Å². The van der Waals surface area contributed by atoms with Crippen LogP contribution in [-0.4, -0.2) is 55.2 Å². The number of nitrogens with zero attached hydrogens (tertiary/aromatic N) is 2. The summed E-state index contributed by atoms with van der Waals surface area (Å²) in [7, 11) is 0. The molecule has 0 aliphatic carbocycles. The van der Waals surface area contributed by atoms with Gasteiger partial charge >= 0.3 is 5.63 Å². The van der Waals surface area contributed by atoms with Gasteiger partial charge in [0.15, 0.2) is 0 Å². The number of likely N-dealkylation sites (tertiary alicyclic amines) is 1. The lowest BCUT2D eigenvalue weighted by Gasteiger charge is -2.26. The Bertz CT molecular complexity index is 767. The molecule has 5 nitrogen and oxygen atoms in total. The van der Waals surface area contributed by atoms with Crippen LogP contribution in [0.5, 0.6) is 5.75 Å². The molecule has 0 unspecified atom stereocenters. The average Bonchev–Trinajstić information content (AvgIpc) is 3.04. The topological polar surface area (TPSA) is 45.9 Å². The van der Waals surface area contributed by atoms with Crippen molar-refractivity contribution in [1.82, 2.24) is 9.80 Å². The van der Waals surface area contributed by atoms with Crippen molar-refractivity contribution in [2.45, 2.75) is 33.2 Å². The van der Waals surface area contributed by atoms with Gasteiger partial charge in [-0.3, -0.25) is 9.80 Å². The molecule has 25 heavy (non-hydrogen) atoms. The monoisotopic (exact) mass is 344 g/mol. The molecule has 0 radical (unpaired) electrons. The van der Waals surface area contributed by atoms with E-state index in [0.717, 1.165) is 49.4 Å². The van der Waals surface area contributed by atoms with Crippen molar-refractivity contribution in [1.29, 1.82) is 0 Å². The van der Waals surface area contributed by atoms with Crippen LogP contribution in [0.25, 0.3) is 11.0 Å². The summed E-state index contributed by atoms with van der Waals surface area (Å²) >= 11 is 0. The SMILES string of the molecule is CCN(CC)[C@H]1CCN(CCOc2ccc3c(C)cc(=O)oc3c2)C1. The summed E-state index contributed by atoms with van der Waals surface area (Å²) in [5, 5.41) is 0.952. The largest absolute Gasteiger partial charge is 0.492 e. The molecular formula is C20H28N2O3. The van der Waals surface area contributed by atoms with E-state index >= 15 is 0 Å². The summed E-state index contributed by atoms with van der Waals surface area (Å²) in [6.07, 6.45) is 1.24. The van der Waals surface area contributed by atoms with Crippen molar-refractivity contribution < 1.29 is 9.15 Å². The quantitative estimate of drug-likeness (QED) is 0.723. The number of likely N-dealkylation sites (N-methyl/N-ethyl adjacent to an activating group) is 1. The summed E-state index contributed by atoms with van der Waals surface area (Å²) in [5.74, 6) is 0.751. The number of rotatable bonds is 7. The Kier molecular flexibility index (Phi) is 5.76. The van der Waals surface area contributed by atoms with Crippen molar-refractivity contribution >= 4 is 11.0 Å². The van der Waals surface area contributed by atoms with Gasteiger partial charge in [0, 0.05) is 36.7 Å². The van der Waals surface area contributed by atoms with Crippen molar-refractivity contribution in [2.75, 3.05) is 39.3 Å². The molecule has 0 saturated carbocycles. The smallest absolute Gasteiger partial charge is 0.336 e. The summed E-state index contributed by atoms with van der Waals surface area (Å²) in [4.78, 5) is 16.5.